The van der Waals surface area contributed by atoms with Crippen LogP contribution in [0.15, 0.2) is 416 Å². The van der Waals surface area contributed by atoms with Gasteiger partial charge in [0.2, 0.25) is 0 Å². The van der Waals surface area contributed by atoms with E-state index in [-0.39, 0.29) is 10.8 Å². The Kier molecular flexibility index (Phi) is 16.6. The average Bonchev–Trinajstić information content (AvgIpc) is 1.35. The lowest BCUT2D eigenvalue weighted by atomic mass is 9.52. The number of hydrogen-bond acceptors (Lipinski definition) is 6. The van der Waals surface area contributed by atoms with Gasteiger partial charge in [-0.3, -0.25) is 0 Å². The number of para-hydroxylation sites is 1. The molecule has 5 aliphatic rings. The van der Waals surface area contributed by atoms with Crippen molar-refractivity contribution in [2.24, 2.45) is 0 Å². The van der Waals surface area contributed by atoms with E-state index in [9.17, 15) is 0 Å². The van der Waals surface area contributed by atoms with Gasteiger partial charge in [-0.15, -0.1) is 0 Å². The molecule has 600 valence electrons. The molecule has 20 aromatic rings. The van der Waals surface area contributed by atoms with Crippen molar-refractivity contribution >= 4 is 44.1 Å². The highest BCUT2D eigenvalue weighted by atomic mass is 32.2. The summed E-state index contributed by atoms with van der Waals surface area (Å²) < 4.78 is 6.92. The first-order valence-corrected chi connectivity index (χ1v) is 45.1. The Morgan fingerprint density at radius 2 is 0.638 bits per heavy atom. The zero-order valence-corrected chi connectivity index (χ0v) is 71.8. The molecule has 4 heterocycles. The fraction of sp³-hybridized carbons (Fsp3) is 0.0909. The van der Waals surface area contributed by atoms with E-state index in [4.69, 9.17) is 24.7 Å². The maximum absolute atomic E-state index is 6.92. The molecular formula is C121H84N4OS. The van der Waals surface area contributed by atoms with Crippen LogP contribution in [0.2, 0.25) is 0 Å². The summed E-state index contributed by atoms with van der Waals surface area (Å²) >= 11 is 1.89. The SMILES string of the molecule is CC1(C)c2ccccc2-c2ccc(-c3cc(-c4ccccc4)nc(-c4ccccc4-c4cccc5c4Sc4ccccc4C54c5ccccc5C(C)(Cc5ccc6c7ccc(-c8cc(-c9ccc(-c%10ccc%11c(c%10)C%10(c%12ccccc%12O%11)c%11ccccc%11C(C)(C)c%11ccccc%11%10)cc9)nc(-c9ccccc9)n8)cc7c7ccccc7c6c5)c5ccccc54)n3)cc21. The van der Waals surface area contributed by atoms with Crippen LogP contribution >= 0.6 is 11.8 Å². The zero-order valence-electron chi connectivity index (χ0n) is 71.0. The van der Waals surface area contributed by atoms with Gasteiger partial charge in [-0.1, -0.05) is 404 Å². The minimum absolute atomic E-state index is 0.174. The second-order valence-corrected chi connectivity index (χ2v) is 37.4. The lowest BCUT2D eigenvalue weighted by Gasteiger charge is -2.51. The number of ether oxygens (including phenoxy) is 1. The van der Waals surface area contributed by atoms with Gasteiger partial charge in [0.25, 0.3) is 0 Å². The Bertz CT molecular complexity index is 7900. The molecule has 5 nitrogen and oxygen atoms in total. The Morgan fingerprint density at radius 1 is 0.228 bits per heavy atom. The molecule has 0 fully saturated rings. The van der Waals surface area contributed by atoms with Crippen LogP contribution in [0.5, 0.6) is 11.5 Å². The van der Waals surface area contributed by atoms with E-state index in [1.54, 1.807) is 0 Å². The Labute approximate surface area is 743 Å². The average molecular weight is 1640 g/mol. The van der Waals surface area contributed by atoms with Gasteiger partial charge in [0.05, 0.1) is 33.6 Å². The number of benzene rings is 18. The molecule has 6 heteroatoms. The largest absolute Gasteiger partial charge is 0.457 e. The molecule has 2 aromatic heterocycles. The van der Waals surface area contributed by atoms with Crippen LogP contribution in [0.1, 0.15) is 118 Å². The van der Waals surface area contributed by atoms with Crippen LogP contribution in [0, 0.1) is 0 Å². The van der Waals surface area contributed by atoms with Gasteiger partial charge in [-0.2, -0.15) is 0 Å². The highest BCUT2D eigenvalue weighted by Gasteiger charge is 2.56. The first-order chi connectivity index (χ1) is 62.3. The van der Waals surface area contributed by atoms with Crippen LogP contribution < -0.4 is 4.74 Å². The monoisotopic (exact) mass is 1640 g/mol. The molecule has 0 amide bonds. The summed E-state index contributed by atoms with van der Waals surface area (Å²) in [5.74, 6) is 3.10. The third-order valence-corrected chi connectivity index (χ3v) is 30.1. The number of rotatable bonds is 10. The molecule has 18 aromatic carbocycles. The smallest absolute Gasteiger partial charge is 0.161 e. The van der Waals surface area contributed by atoms with Crippen LogP contribution in [-0.2, 0) is 33.5 Å². The molecule has 0 bridgehead atoms. The van der Waals surface area contributed by atoms with Gasteiger partial charge in [0.15, 0.2) is 11.6 Å². The summed E-state index contributed by atoms with van der Waals surface area (Å²) in [5.41, 5.74) is 33.6. The summed E-state index contributed by atoms with van der Waals surface area (Å²) in [6, 6.07) is 151. The van der Waals surface area contributed by atoms with E-state index in [0.717, 1.165) is 107 Å². The molecule has 127 heavy (non-hydrogen) atoms. The molecule has 0 saturated heterocycles. The minimum Gasteiger partial charge on any atom is -0.457 e. The lowest BCUT2D eigenvalue weighted by Crippen LogP contribution is -2.45. The second kappa shape index (κ2) is 28.3. The second-order valence-electron chi connectivity index (χ2n) is 36.3. The van der Waals surface area contributed by atoms with Crippen molar-refractivity contribution < 1.29 is 4.74 Å². The topological polar surface area (TPSA) is 60.8 Å². The van der Waals surface area contributed by atoms with Gasteiger partial charge in [0, 0.05) is 70.5 Å². The molecule has 2 aliphatic heterocycles. The Hall–Kier alpha value is -15.0. The van der Waals surface area contributed by atoms with E-state index < -0.39 is 16.2 Å². The summed E-state index contributed by atoms with van der Waals surface area (Å²) in [6.07, 6.45) is 0.765. The van der Waals surface area contributed by atoms with Crippen molar-refractivity contribution in [1.29, 1.82) is 0 Å². The van der Waals surface area contributed by atoms with E-state index in [2.05, 4.69) is 441 Å². The van der Waals surface area contributed by atoms with Gasteiger partial charge < -0.3 is 4.74 Å². The number of hydrogen-bond donors (Lipinski definition) is 0. The summed E-state index contributed by atoms with van der Waals surface area (Å²) in [6.45, 7) is 11.9. The number of fused-ring (bicyclic) bond motifs is 25. The van der Waals surface area contributed by atoms with Crippen molar-refractivity contribution in [2.75, 3.05) is 0 Å². The minimum atomic E-state index is -0.692. The molecular weight excluding hydrogens is 1560 g/mol. The standard InChI is InChI=1S/C121H84N4OS/c1-117(2)93-41-17-16-38-87(93)88-65-61-81(70-105(88)117)110-71-107(76-31-8-6-9-32-76)124-116(125-110)90-39-15-14-37-84(90)89-40-30-52-104-114(89)127-113-54-29-27-51-103(113)121(104)100-48-24-20-44-96(100)119(5,97-45-21-25-49-101(97)121)73-74-55-63-85-86-64-60-80(68-92(86)83-36-13-12-35-82(83)91(85)67-74)109-72-108(122-115(123-109)78-33-10-7-11-34-78)77-58-56-75(57-59-77)79-62-66-112-106(69-79)120(102-50-26-28-53-111(102)126-112)98-46-22-18-42-94(98)118(3,4)95-43-19-23-47-99(95)120/h6-72H,73H2,1-5H3. The van der Waals surface area contributed by atoms with Crippen molar-refractivity contribution in [2.45, 2.75) is 77.9 Å². The van der Waals surface area contributed by atoms with Gasteiger partial charge >= 0.3 is 0 Å². The van der Waals surface area contributed by atoms with E-state index >= 15 is 0 Å². The Morgan fingerprint density at radius 3 is 1.30 bits per heavy atom. The summed E-state index contributed by atoms with van der Waals surface area (Å²) in [5, 5.41) is 7.23. The summed E-state index contributed by atoms with van der Waals surface area (Å²) in [4.78, 5) is 24.5. The predicted molar refractivity (Wildman–Crippen MR) is 521 cm³/mol. The number of aromatic nitrogens is 4. The van der Waals surface area contributed by atoms with Gasteiger partial charge in [-0.25, -0.2) is 19.9 Å². The van der Waals surface area contributed by atoms with Crippen LogP contribution in [0.3, 0.4) is 0 Å². The first kappa shape index (κ1) is 74.7. The molecule has 0 radical (unpaired) electrons. The van der Waals surface area contributed by atoms with E-state index in [1.807, 2.05) is 11.8 Å². The van der Waals surface area contributed by atoms with Crippen LogP contribution in [0.25, 0.3) is 134 Å². The Balaban J connectivity index is 0.572. The molecule has 25 rings (SSSR count). The maximum atomic E-state index is 6.92. The third kappa shape index (κ3) is 11.1. The zero-order chi connectivity index (χ0) is 84.7. The highest BCUT2D eigenvalue weighted by molar-refractivity contribution is 7.99. The lowest BCUT2D eigenvalue weighted by molar-refractivity contribution is 0.425. The first-order valence-electron chi connectivity index (χ1n) is 44.3. The van der Waals surface area contributed by atoms with Crippen molar-refractivity contribution in [3.8, 4) is 113 Å². The fourth-order valence-electron chi connectivity index (χ4n) is 22.9. The van der Waals surface area contributed by atoms with Crippen LogP contribution in [0.4, 0.5) is 0 Å². The van der Waals surface area contributed by atoms with Crippen molar-refractivity contribution in [3.63, 3.8) is 0 Å². The van der Waals surface area contributed by atoms with E-state index in [0.29, 0.717) is 11.6 Å². The molecule has 0 unspecified atom stereocenters. The van der Waals surface area contributed by atoms with Crippen molar-refractivity contribution in [3.05, 3.63) is 490 Å². The third-order valence-electron chi connectivity index (χ3n) is 28.8. The maximum Gasteiger partial charge on any atom is 0.161 e. The molecule has 0 atom stereocenters. The summed E-state index contributed by atoms with van der Waals surface area (Å²) in [7, 11) is 0. The van der Waals surface area contributed by atoms with Crippen LogP contribution in [-0.4, -0.2) is 19.9 Å². The molecule has 2 spiro atoms. The molecule has 0 saturated carbocycles. The quantitative estimate of drug-likeness (QED) is 0.127. The van der Waals surface area contributed by atoms with Crippen molar-refractivity contribution in [1.82, 2.24) is 19.9 Å². The normalized spacial score (nSPS) is 14.9. The fourth-order valence-corrected chi connectivity index (χ4v) is 24.3. The van der Waals surface area contributed by atoms with E-state index in [1.165, 1.54) is 126 Å². The molecule has 3 aliphatic carbocycles. The van der Waals surface area contributed by atoms with Gasteiger partial charge in [0.1, 0.15) is 11.5 Å². The number of nitrogens with zero attached hydrogens (tertiary/aromatic N) is 4. The molecule has 0 N–H and O–H groups in total. The highest BCUT2D eigenvalue weighted by Crippen LogP contribution is 2.66. The van der Waals surface area contributed by atoms with Gasteiger partial charge in [-0.05, 0) is 193 Å². The predicted octanol–water partition coefficient (Wildman–Crippen LogP) is 30.2.